The predicted octanol–water partition coefficient (Wildman–Crippen LogP) is 2.41. The van der Waals surface area contributed by atoms with Crippen LogP contribution in [0.15, 0.2) is 18.2 Å². The van der Waals surface area contributed by atoms with Crippen LogP contribution in [0.1, 0.15) is 29.1 Å². The van der Waals surface area contributed by atoms with Crippen LogP contribution in [-0.4, -0.2) is 21.7 Å². The maximum absolute atomic E-state index is 8.96. The van der Waals surface area contributed by atoms with Crippen molar-refractivity contribution in [1.29, 1.82) is 0 Å². The highest BCUT2D eigenvalue weighted by Gasteiger charge is 2.14. The lowest BCUT2D eigenvalue weighted by molar-refractivity contribution is 0.297. The van der Waals surface area contributed by atoms with Gasteiger partial charge in [-0.15, -0.1) is 0 Å². The molecule has 1 heterocycles. The second-order valence-corrected chi connectivity index (χ2v) is 4.97. The maximum atomic E-state index is 8.96. The number of rotatable bonds is 3. The van der Waals surface area contributed by atoms with E-state index in [-0.39, 0.29) is 6.61 Å². The number of aliphatic hydroxyl groups is 1. The van der Waals surface area contributed by atoms with Crippen molar-refractivity contribution in [1.82, 2.24) is 9.97 Å². The molecule has 1 aromatic heterocycles. The number of nitrogens with one attached hydrogen (secondary N) is 1. The molecule has 0 radical (unpaired) electrons. The van der Waals surface area contributed by atoms with E-state index in [1.54, 1.807) is 0 Å². The fourth-order valence-electron chi connectivity index (χ4n) is 2.75. The Labute approximate surface area is 107 Å². The zero-order chi connectivity index (χ0) is 12.5. The van der Waals surface area contributed by atoms with Gasteiger partial charge in [-0.3, -0.25) is 0 Å². The highest BCUT2D eigenvalue weighted by molar-refractivity contribution is 5.64. The van der Waals surface area contributed by atoms with Crippen LogP contribution in [0.2, 0.25) is 0 Å². The average molecular weight is 242 g/mol. The van der Waals surface area contributed by atoms with E-state index < -0.39 is 0 Å². The Bertz CT molecular complexity index is 572. The first kappa shape index (κ1) is 11.5. The van der Waals surface area contributed by atoms with Crippen LogP contribution in [0.3, 0.4) is 0 Å². The summed E-state index contributed by atoms with van der Waals surface area (Å²) in [5.74, 6) is 0.866. The molecule has 2 N–H and O–H groups in total. The molecule has 0 saturated heterocycles. The third-order valence-electron chi connectivity index (χ3n) is 3.65. The molecule has 18 heavy (non-hydrogen) atoms. The summed E-state index contributed by atoms with van der Waals surface area (Å²) in [6, 6.07) is 6.67. The molecule has 0 aliphatic heterocycles. The van der Waals surface area contributed by atoms with Crippen molar-refractivity contribution in [3.8, 4) is 11.3 Å². The van der Waals surface area contributed by atoms with E-state index in [1.165, 1.54) is 36.0 Å². The van der Waals surface area contributed by atoms with Gasteiger partial charge in [-0.05, 0) is 43.4 Å². The Morgan fingerprint density at radius 3 is 2.94 bits per heavy atom. The van der Waals surface area contributed by atoms with Gasteiger partial charge in [0.15, 0.2) is 0 Å². The van der Waals surface area contributed by atoms with E-state index in [2.05, 4.69) is 28.2 Å². The van der Waals surface area contributed by atoms with Gasteiger partial charge in [-0.25, -0.2) is 4.98 Å². The molecule has 0 amide bonds. The molecule has 0 spiro atoms. The quantitative estimate of drug-likeness (QED) is 0.868. The third-order valence-corrected chi connectivity index (χ3v) is 3.65. The smallest absolute Gasteiger partial charge is 0.109 e. The highest BCUT2D eigenvalue weighted by atomic mass is 16.3. The molecule has 1 aromatic carbocycles. The van der Waals surface area contributed by atoms with E-state index in [0.29, 0.717) is 6.42 Å². The number of imidazole rings is 1. The molecule has 0 atom stereocenters. The van der Waals surface area contributed by atoms with Gasteiger partial charge >= 0.3 is 0 Å². The van der Waals surface area contributed by atoms with Gasteiger partial charge in [-0.1, -0.05) is 12.1 Å². The van der Waals surface area contributed by atoms with Crippen LogP contribution < -0.4 is 0 Å². The van der Waals surface area contributed by atoms with Crippen molar-refractivity contribution in [3.63, 3.8) is 0 Å². The van der Waals surface area contributed by atoms with Crippen LogP contribution in [0, 0.1) is 6.92 Å². The first-order valence-corrected chi connectivity index (χ1v) is 6.56. The van der Waals surface area contributed by atoms with Crippen LogP contribution in [0.4, 0.5) is 0 Å². The molecule has 94 valence electrons. The van der Waals surface area contributed by atoms with Gasteiger partial charge < -0.3 is 10.1 Å². The molecule has 0 saturated carbocycles. The summed E-state index contributed by atoms with van der Waals surface area (Å²) in [7, 11) is 0. The summed E-state index contributed by atoms with van der Waals surface area (Å²) in [5, 5.41) is 8.96. The monoisotopic (exact) mass is 242 g/mol. The number of aromatic nitrogens is 2. The fourth-order valence-corrected chi connectivity index (χ4v) is 2.75. The van der Waals surface area contributed by atoms with Crippen LogP contribution in [0.5, 0.6) is 0 Å². The molecular formula is C15H18N2O. The molecule has 1 aliphatic carbocycles. The lowest BCUT2D eigenvalue weighted by Gasteiger charge is -2.03. The van der Waals surface area contributed by atoms with Crippen molar-refractivity contribution < 1.29 is 5.11 Å². The van der Waals surface area contributed by atoms with Gasteiger partial charge in [0, 0.05) is 17.7 Å². The summed E-state index contributed by atoms with van der Waals surface area (Å²) in [4.78, 5) is 7.82. The summed E-state index contributed by atoms with van der Waals surface area (Å²) in [5.41, 5.74) is 6.25. The number of aliphatic hydroxyl groups excluding tert-OH is 1. The van der Waals surface area contributed by atoms with Gasteiger partial charge in [0.1, 0.15) is 5.82 Å². The highest BCUT2D eigenvalue weighted by Crippen LogP contribution is 2.28. The van der Waals surface area contributed by atoms with Crippen molar-refractivity contribution in [2.45, 2.75) is 32.6 Å². The zero-order valence-electron chi connectivity index (χ0n) is 10.7. The van der Waals surface area contributed by atoms with E-state index in [0.717, 1.165) is 17.2 Å². The van der Waals surface area contributed by atoms with Crippen LogP contribution in [0.25, 0.3) is 11.3 Å². The van der Waals surface area contributed by atoms with E-state index in [9.17, 15) is 0 Å². The summed E-state index contributed by atoms with van der Waals surface area (Å²) >= 11 is 0. The average Bonchev–Trinajstić information content (AvgIpc) is 2.95. The summed E-state index contributed by atoms with van der Waals surface area (Å²) in [6.45, 7) is 2.17. The Kier molecular flexibility index (Phi) is 2.92. The predicted molar refractivity (Wildman–Crippen MR) is 71.6 cm³/mol. The number of hydrogen-bond acceptors (Lipinski definition) is 2. The van der Waals surface area contributed by atoms with Gasteiger partial charge in [0.05, 0.1) is 12.3 Å². The molecule has 3 nitrogen and oxygen atoms in total. The third kappa shape index (κ3) is 1.95. The molecule has 0 unspecified atom stereocenters. The normalized spacial score (nSPS) is 13.9. The number of H-pyrrole nitrogens is 1. The van der Waals surface area contributed by atoms with E-state index in [4.69, 9.17) is 5.11 Å². The van der Waals surface area contributed by atoms with Crippen LogP contribution >= 0.6 is 0 Å². The van der Waals surface area contributed by atoms with Gasteiger partial charge in [-0.2, -0.15) is 0 Å². The SMILES string of the molecule is Cc1[nH]c(CCO)nc1-c1ccc2c(c1)CCC2. The number of hydrogen-bond donors (Lipinski definition) is 2. The van der Waals surface area contributed by atoms with Gasteiger partial charge in [0.25, 0.3) is 0 Å². The van der Waals surface area contributed by atoms with E-state index >= 15 is 0 Å². The zero-order valence-corrected chi connectivity index (χ0v) is 10.7. The Balaban J connectivity index is 1.99. The minimum absolute atomic E-state index is 0.135. The largest absolute Gasteiger partial charge is 0.396 e. The molecule has 0 fully saturated rings. The lowest BCUT2D eigenvalue weighted by atomic mass is 10.0. The number of aryl methyl sites for hydroxylation is 3. The topological polar surface area (TPSA) is 48.9 Å². The molecule has 2 aromatic rings. The van der Waals surface area contributed by atoms with Crippen LogP contribution in [-0.2, 0) is 19.3 Å². The molecule has 3 heteroatoms. The van der Waals surface area contributed by atoms with Crippen molar-refractivity contribution in [2.24, 2.45) is 0 Å². The lowest BCUT2D eigenvalue weighted by Crippen LogP contribution is -1.92. The first-order chi connectivity index (χ1) is 8.78. The molecule has 1 aliphatic rings. The maximum Gasteiger partial charge on any atom is 0.109 e. The number of aromatic amines is 1. The molecule has 3 rings (SSSR count). The Morgan fingerprint density at radius 1 is 1.28 bits per heavy atom. The first-order valence-electron chi connectivity index (χ1n) is 6.56. The second kappa shape index (κ2) is 4.58. The van der Waals surface area contributed by atoms with Crippen molar-refractivity contribution >= 4 is 0 Å². The Morgan fingerprint density at radius 2 is 2.11 bits per heavy atom. The van der Waals surface area contributed by atoms with E-state index in [1.807, 2.05) is 6.92 Å². The summed E-state index contributed by atoms with van der Waals surface area (Å²) in [6.07, 6.45) is 4.26. The number of benzene rings is 1. The molecular weight excluding hydrogens is 224 g/mol. The van der Waals surface area contributed by atoms with Gasteiger partial charge in [0.2, 0.25) is 0 Å². The van der Waals surface area contributed by atoms with Crippen molar-refractivity contribution in [3.05, 3.63) is 40.8 Å². The van der Waals surface area contributed by atoms with Crippen molar-refractivity contribution in [2.75, 3.05) is 6.61 Å². The molecule has 0 bridgehead atoms. The number of fused-ring (bicyclic) bond motifs is 1. The second-order valence-electron chi connectivity index (χ2n) is 4.97. The number of nitrogens with zero attached hydrogens (tertiary/aromatic N) is 1. The standard InChI is InChI=1S/C15H18N2O/c1-10-15(17-14(16-10)7-8-18)13-6-5-11-3-2-4-12(11)9-13/h5-6,9,18H,2-4,7-8H2,1H3,(H,16,17). The Hall–Kier alpha value is -1.61. The minimum Gasteiger partial charge on any atom is -0.396 e. The summed E-state index contributed by atoms with van der Waals surface area (Å²) < 4.78 is 0. The fraction of sp³-hybridized carbons (Fsp3) is 0.400. The minimum atomic E-state index is 0.135.